The monoisotopic (exact) mass is 538 g/mol. The summed E-state index contributed by atoms with van der Waals surface area (Å²) in [7, 11) is 0. The van der Waals surface area contributed by atoms with Crippen molar-refractivity contribution in [1.82, 2.24) is 9.78 Å². The van der Waals surface area contributed by atoms with E-state index in [0.717, 1.165) is 16.8 Å². The maximum atomic E-state index is 13.1. The van der Waals surface area contributed by atoms with Crippen molar-refractivity contribution >= 4 is 40.5 Å². The zero-order valence-electron chi connectivity index (χ0n) is 20.4. The average molecular weight is 539 g/mol. The van der Waals surface area contributed by atoms with Crippen LogP contribution in [0.25, 0.3) is 0 Å². The highest BCUT2D eigenvalue weighted by Gasteiger charge is 2.18. The van der Waals surface area contributed by atoms with E-state index < -0.39 is 4.92 Å². The predicted molar refractivity (Wildman–Crippen MR) is 144 cm³/mol. The van der Waals surface area contributed by atoms with Crippen LogP contribution in [0.15, 0.2) is 60.7 Å². The molecule has 0 unspecified atom stereocenters. The summed E-state index contributed by atoms with van der Waals surface area (Å²) < 4.78 is 7.45. The zero-order chi connectivity index (χ0) is 26.7. The van der Waals surface area contributed by atoms with Gasteiger partial charge in [-0.2, -0.15) is 5.10 Å². The number of nitrogens with zero attached hydrogens (tertiary/aromatic N) is 3. The normalized spacial score (nSPS) is 10.8. The fourth-order valence-corrected chi connectivity index (χ4v) is 4.42. The number of nitro benzene ring substituents is 1. The SMILES string of the molecule is Cc1ccc(OCc2cccc(C(=O)Nc3c(C)nn(Cc4c(Cl)cccc4Cl)c3C)c2)c([N+](=O)[O-])c1. The molecule has 1 aromatic heterocycles. The van der Waals surface area contributed by atoms with E-state index in [-0.39, 0.29) is 24.0 Å². The number of hydrogen-bond acceptors (Lipinski definition) is 5. The largest absolute Gasteiger partial charge is 0.482 e. The lowest BCUT2D eigenvalue weighted by molar-refractivity contribution is -0.386. The lowest BCUT2D eigenvalue weighted by Gasteiger charge is -2.11. The van der Waals surface area contributed by atoms with Gasteiger partial charge < -0.3 is 10.1 Å². The first-order valence-corrected chi connectivity index (χ1v) is 12.1. The lowest BCUT2D eigenvalue weighted by Crippen LogP contribution is -2.14. The molecule has 0 spiro atoms. The molecule has 3 aromatic carbocycles. The fourth-order valence-electron chi connectivity index (χ4n) is 3.91. The topological polar surface area (TPSA) is 99.3 Å². The predicted octanol–water partition coefficient (Wildman–Crippen LogP) is 6.90. The molecule has 0 aliphatic heterocycles. The van der Waals surface area contributed by atoms with E-state index in [2.05, 4.69) is 10.4 Å². The molecular weight excluding hydrogens is 515 g/mol. The van der Waals surface area contributed by atoms with Crippen molar-refractivity contribution in [3.8, 4) is 5.75 Å². The number of carbonyl (C=O) groups is 1. The van der Waals surface area contributed by atoms with Crippen LogP contribution in [0, 0.1) is 30.9 Å². The minimum absolute atomic E-state index is 0.0691. The van der Waals surface area contributed by atoms with Gasteiger partial charge in [0.05, 0.1) is 28.5 Å². The minimum Gasteiger partial charge on any atom is -0.482 e. The first-order valence-electron chi connectivity index (χ1n) is 11.4. The molecular formula is C27H24Cl2N4O4. The fraction of sp³-hybridized carbons (Fsp3) is 0.185. The second kappa shape index (κ2) is 11.0. The second-order valence-corrected chi connectivity index (χ2v) is 9.39. The van der Waals surface area contributed by atoms with Gasteiger partial charge in [0.1, 0.15) is 6.61 Å². The number of aromatic nitrogens is 2. The first-order chi connectivity index (χ1) is 17.6. The Bertz CT molecular complexity index is 1480. The van der Waals surface area contributed by atoms with E-state index in [9.17, 15) is 14.9 Å². The molecule has 37 heavy (non-hydrogen) atoms. The summed E-state index contributed by atoms with van der Waals surface area (Å²) in [5, 5.41) is 19.9. The number of rotatable bonds is 8. The third-order valence-electron chi connectivity index (χ3n) is 5.88. The third kappa shape index (κ3) is 5.93. The van der Waals surface area contributed by atoms with Crippen LogP contribution in [0.4, 0.5) is 11.4 Å². The number of ether oxygens (including phenoxy) is 1. The zero-order valence-corrected chi connectivity index (χ0v) is 21.9. The van der Waals surface area contributed by atoms with Crippen molar-refractivity contribution in [2.24, 2.45) is 0 Å². The van der Waals surface area contributed by atoms with Crippen molar-refractivity contribution < 1.29 is 14.5 Å². The maximum absolute atomic E-state index is 13.1. The maximum Gasteiger partial charge on any atom is 0.311 e. The molecule has 0 fully saturated rings. The lowest BCUT2D eigenvalue weighted by atomic mass is 10.1. The number of nitrogens with one attached hydrogen (secondary N) is 1. The number of amides is 1. The van der Waals surface area contributed by atoms with Crippen molar-refractivity contribution in [2.75, 3.05) is 5.32 Å². The summed E-state index contributed by atoms with van der Waals surface area (Å²) in [4.78, 5) is 24.0. The van der Waals surface area contributed by atoms with Crippen molar-refractivity contribution in [2.45, 2.75) is 33.9 Å². The Labute approximate surface area is 223 Å². The van der Waals surface area contributed by atoms with E-state index in [1.807, 2.05) is 13.8 Å². The number of halogens is 2. The van der Waals surface area contributed by atoms with Gasteiger partial charge in [-0.1, -0.05) is 47.5 Å². The number of anilines is 1. The van der Waals surface area contributed by atoms with Gasteiger partial charge >= 0.3 is 5.69 Å². The number of aryl methyl sites for hydroxylation is 2. The Balaban J connectivity index is 1.49. The number of carbonyl (C=O) groups excluding carboxylic acids is 1. The van der Waals surface area contributed by atoms with Crippen LogP contribution in [0.2, 0.25) is 10.0 Å². The van der Waals surface area contributed by atoms with Crippen LogP contribution >= 0.6 is 23.2 Å². The molecule has 190 valence electrons. The first kappa shape index (κ1) is 26.2. The Morgan fingerprint density at radius 3 is 2.46 bits per heavy atom. The number of benzene rings is 3. The molecule has 1 heterocycles. The van der Waals surface area contributed by atoms with Crippen LogP contribution in [0.1, 0.15) is 38.4 Å². The quantitative estimate of drug-likeness (QED) is 0.194. The molecule has 4 rings (SSSR count). The van der Waals surface area contributed by atoms with E-state index in [4.69, 9.17) is 27.9 Å². The number of nitro groups is 1. The van der Waals surface area contributed by atoms with Crippen molar-refractivity contribution in [1.29, 1.82) is 0 Å². The molecule has 10 heteroatoms. The van der Waals surface area contributed by atoms with Crippen molar-refractivity contribution in [3.63, 3.8) is 0 Å². The summed E-state index contributed by atoms with van der Waals surface area (Å²) >= 11 is 12.6. The summed E-state index contributed by atoms with van der Waals surface area (Å²) in [5.41, 5.74) is 4.53. The Morgan fingerprint density at radius 2 is 1.76 bits per heavy atom. The van der Waals surface area contributed by atoms with Gasteiger partial charge in [-0.15, -0.1) is 0 Å². The van der Waals surface area contributed by atoms with Crippen LogP contribution < -0.4 is 10.1 Å². The van der Waals surface area contributed by atoms with Crippen LogP contribution in [-0.4, -0.2) is 20.6 Å². The second-order valence-electron chi connectivity index (χ2n) is 8.58. The highest BCUT2D eigenvalue weighted by molar-refractivity contribution is 6.36. The Morgan fingerprint density at radius 1 is 1.05 bits per heavy atom. The molecule has 0 radical (unpaired) electrons. The van der Waals surface area contributed by atoms with Crippen molar-refractivity contribution in [3.05, 3.63) is 114 Å². The molecule has 0 aliphatic carbocycles. The number of hydrogen-bond donors (Lipinski definition) is 1. The van der Waals surface area contributed by atoms with Crippen LogP contribution in [0.3, 0.4) is 0 Å². The summed E-state index contributed by atoms with van der Waals surface area (Å²) in [6, 6.07) is 17.0. The molecule has 1 N–H and O–H groups in total. The third-order valence-corrected chi connectivity index (χ3v) is 6.59. The molecule has 0 atom stereocenters. The Kier molecular flexibility index (Phi) is 7.80. The van der Waals surface area contributed by atoms with E-state index in [0.29, 0.717) is 39.1 Å². The van der Waals surface area contributed by atoms with Gasteiger partial charge in [0.25, 0.3) is 5.91 Å². The van der Waals surface area contributed by atoms with Gasteiger partial charge in [0, 0.05) is 27.2 Å². The van der Waals surface area contributed by atoms with Crippen LogP contribution in [0.5, 0.6) is 5.75 Å². The van der Waals surface area contributed by atoms with Gasteiger partial charge in [-0.3, -0.25) is 19.6 Å². The summed E-state index contributed by atoms with van der Waals surface area (Å²) in [6.45, 7) is 5.88. The van der Waals surface area contributed by atoms with E-state index >= 15 is 0 Å². The highest BCUT2D eigenvalue weighted by atomic mass is 35.5. The molecule has 0 aliphatic rings. The van der Waals surface area contributed by atoms with Gasteiger partial charge in [-0.05, 0) is 62.2 Å². The van der Waals surface area contributed by atoms with Crippen LogP contribution in [-0.2, 0) is 13.2 Å². The van der Waals surface area contributed by atoms with Gasteiger partial charge in [-0.25, -0.2) is 0 Å². The molecule has 1 amide bonds. The Hall–Kier alpha value is -3.88. The summed E-state index contributed by atoms with van der Waals surface area (Å²) in [6.07, 6.45) is 0. The highest BCUT2D eigenvalue weighted by Crippen LogP contribution is 2.29. The molecule has 0 saturated heterocycles. The average Bonchev–Trinajstić information content (AvgIpc) is 3.13. The standard InChI is InChI=1S/C27H24Cl2N4O4/c1-16-10-11-25(24(12-16)33(35)36)37-15-19-6-4-7-20(13-19)27(34)30-26-17(2)31-32(18(26)3)14-21-22(28)8-5-9-23(21)29/h4-13H,14-15H2,1-3H3,(H,30,34). The van der Waals surface area contributed by atoms with Gasteiger partial charge in [0.15, 0.2) is 5.75 Å². The summed E-state index contributed by atoms with van der Waals surface area (Å²) in [5.74, 6) is -0.146. The van der Waals surface area contributed by atoms with E-state index in [1.165, 1.54) is 6.07 Å². The smallest absolute Gasteiger partial charge is 0.311 e. The minimum atomic E-state index is -0.475. The molecule has 0 bridgehead atoms. The van der Waals surface area contributed by atoms with Gasteiger partial charge in [0.2, 0.25) is 0 Å². The molecule has 0 saturated carbocycles. The molecule has 4 aromatic rings. The molecule has 8 nitrogen and oxygen atoms in total. The van der Waals surface area contributed by atoms with E-state index in [1.54, 1.807) is 66.2 Å².